The van der Waals surface area contributed by atoms with Crippen molar-refractivity contribution in [1.82, 2.24) is 25.3 Å². The monoisotopic (exact) mass is 544 g/mol. The maximum absolute atomic E-state index is 13.8. The molecule has 0 saturated carbocycles. The fraction of sp³-hybridized carbons (Fsp3) is 0.308. The SMILES string of the molecule is Cn1nc(C(F)(F)F)cc1C(=O)N[C@@H]1CCN(C(=O)C2(Cl)C=CC=C3NC=CN=C32)C[C@@H]1c1ccccc1. The van der Waals surface area contributed by atoms with Gasteiger partial charge in [0, 0.05) is 50.6 Å². The Morgan fingerprint density at radius 3 is 2.71 bits per heavy atom. The van der Waals surface area contributed by atoms with E-state index in [1.54, 1.807) is 29.3 Å². The van der Waals surface area contributed by atoms with E-state index in [4.69, 9.17) is 11.6 Å². The lowest BCUT2D eigenvalue weighted by Crippen LogP contribution is -2.57. The average molecular weight is 545 g/mol. The second kappa shape index (κ2) is 9.79. The zero-order valence-electron chi connectivity index (χ0n) is 20.2. The van der Waals surface area contributed by atoms with Crippen LogP contribution in [0.1, 0.15) is 34.1 Å². The second-order valence-corrected chi connectivity index (χ2v) is 9.86. The van der Waals surface area contributed by atoms with Crippen LogP contribution in [0.4, 0.5) is 13.2 Å². The molecule has 1 aliphatic carbocycles. The zero-order valence-corrected chi connectivity index (χ0v) is 21.0. The summed E-state index contributed by atoms with van der Waals surface area (Å²) in [4.78, 5) is 31.3. The van der Waals surface area contributed by atoms with E-state index in [0.29, 0.717) is 17.8 Å². The maximum Gasteiger partial charge on any atom is 0.435 e. The Balaban J connectivity index is 1.39. The molecule has 0 bridgehead atoms. The lowest BCUT2D eigenvalue weighted by molar-refractivity contribution is -0.141. The molecule has 0 spiro atoms. The van der Waals surface area contributed by atoms with Crippen molar-refractivity contribution in [2.24, 2.45) is 12.0 Å². The van der Waals surface area contributed by atoms with Crippen molar-refractivity contribution in [3.63, 3.8) is 0 Å². The number of likely N-dealkylation sites (tertiary alicyclic amines) is 1. The molecule has 12 heteroatoms. The molecule has 1 unspecified atom stereocenters. The molecular weight excluding hydrogens is 521 g/mol. The normalized spacial score (nSPS) is 24.7. The number of fused-ring (bicyclic) bond motifs is 1. The first-order valence-electron chi connectivity index (χ1n) is 11.9. The molecule has 1 fully saturated rings. The van der Waals surface area contributed by atoms with Gasteiger partial charge in [0.25, 0.3) is 11.8 Å². The van der Waals surface area contributed by atoms with Crippen LogP contribution in [0.25, 0.3) is 0 Å². The Labute approximate surface area is 221 Å². The van der Waals surface area contributed by atoms with Gasteiger partial charge in [-0.05, 0) is 24.1 Å². The largest absolute Gasteiger partial charge is 0.435 e. The van der Waals surface area contributed by atoms with E-state index < -0.39 is 28.7 Å². The van der Waals surface area contributed by atoms with Crippen molar-refractivity contribution < 1.29 is 22.8 Å². The lowest BCUT2D eigenvalue weighted by Gasteiger charge is -2.42. The molecule has 1 aromatic heterocycles. The minimum atomic E-state index is -4.66. The number of carbonyl (C=O) groups is 2. The van der Waals surface area contributed by atoms with E-state index in [-0.39, 0.29) is 30.6 Å². The van der Waals surface area contributed by atoms with Gasteiger partial charge in [0.1, 0.15) is 5.69 Å². The molecule has 198 valence electrons. The smallest absolute Gasteiger partial charge is 0.359 e. The number of halogens is 4. The van der Waals surface area contributed by atoms with Crippen LogP contribution in [0.2, 0.25) is 0 Å². The number of nitrogens with zero attached hydrogens (tertiary/aromatic N) is 4. The number of piperidine rings is 1. The number of rotatable bonds is 4. The van der Waals surface area contributed by atoms with E-state index >= 15 is 0 Å². The number of nitrogens with one attached hydrogen (secondary N) is 2. The van der Waals surface area contributed by atoms with E-state index in [1.165, 1.54) is 13.2 Å². The molecule has 5 rings (SSSR count). The van der Waals surface area contributed by atoms with Crippen LogP contribution in [-0.4, -0.2) is 56.2 Å². The summed E-state index contributed by atoms with van der Waals surface area (Å²) in [6.45, 7) is 0.523. The maximum atomic E-state index is 13.8. The van der Waals surface area contributed by atoms with Gasteiger partial charge in [-0.15, -0.1) is 0 Å². The number of hydrogen-bond acceptors (Lipinski definition) is 5. The number of aliphatic imine (C=N–C) groups is 1. The molecule has 2 N–H and O–H groups in total. The molecule has 38 heavy (non-hydrogen) atoms. The van der Waals surface area contributed by atoms with Gasteiger partial charge in [-0.25, -0.2) is 0 Å². The number of amides is 2. The zero-order chi connectivity index (χ0) is 27.1. The third kappa shape index (κ3) is 4.73. The lowest BCUT2D eigenvalue weighted by atomic mass is 9.84. The highest BCUT2D eigenvalue weighted by Crippen LogP contribution is 2.35. The topological polar surface area (TPSA) is 91.6 Å². The number of carbonyl (C=O) groups excluding carboxylic acids is 2. The highest BCUT2D eigenvalue weighted by molar-refractivity contribution is 6.51. The molecule has 3 heterocycles. The van der Waals surface area contributed by atoms with Gasteiger partial charge in [-0.2, -0.15) is 18.3 Å². The first-order chi connectivity index (χ1) is 18.1. The number of hydrogen-bond donors (Lipinski definition) is 2. The number of alkyl halides is 4. The molecular formula is C26H24ClF3N6O2. The van der Waals surface area contributed by atoms with Crippen LogP contribution >= 0.6 is 11.6 Å². The third-order valence-electron chi connectivity index (χ3n) is 6.86. The second-order valence-electron chi connectivity index (χ2n) is 9.26. The van der Waals surface area contributed by atoms with Crippen LogP contribution in [0.5, 0.6) is 0 Å². The molecule has 2 amide bonds. The Hall–Kier alpha value is -3.86. The van der Waals surface area contributed by atoms with Gasteiger partial charge in [-0.1, -0.05) is 48.0 Å². The van der Waals surface area contributed by atoms with Gasteiger partial charge >= 0.3 is 6.18 Å². The summed E-state index contributed by atoms with van der Waals surface area (Å²) in [5.41, 5.74) is 0.567. The Kier molecular flexibility index (Phi) is 6.64. The van der Waals surface area contributed by atoms with Crippen LogP contribution in [0.3, 0.4) is 0 Å². The number of aryl methyl sites for hydroxylation is 1. The molecule has 2 aliphatic heterocycles. The molecule has 1 aromatic carbocycles. The fourth-order valence-corrected chi connectivity index (χ4v) is 5.30. The van der Waals surface area contributed by atoms with Gasteiger partial charge in [0.2, 0.25) is 0 Å². The van der Waals surface area contributed by atoms with E-state index in [9.17, 15) is 22.8 Å². The summed E-state index contributed by atoms with van der Waals surface area (Å²) in [7, 11) is 1.29. The summed E-state index contributed by atoms with van der Waals surface area (Å²) in [5.74, 6) is -1.35. The number of allylic oxidation sites excluding steroid dienone is 3. The minimum absolute atomic E-state index is 0.204. The van der Waals surface area contributed by atoms with Crippen molar-refractivity contribution in [1.29, 1.82) is 0 Å². The van der Waals surface area contributed by atoms with Gasteiger partial charge in [0.05, 0.1) is 11.4 Å². The van der Waals surface area contributed by atoms with Crippen LogP contribution in [-0.2, 0) is 18.0 Å². The first-order valence-corrected chi connectivity index (χ1v) is 12.3. The summed E-state index contributed by atoms with van der Waals surface area (Å²) in [5, 5.41) is 9.36. The van der Waals surface area contributed by atoms with Crippen LogP contribution in [0.15, 0.2) is 77.7 Å². The Morgan fingerprint density at radius 1 is 1.24 bits per heavy atom. The van der Waals surface area contributed by atoms with Gasteiger partial charge < -0.3 is 15.5 Å². The standard InChI is InChI=1S/C26H24ClF3N6O2/c1-35-20(14-21(34-35)26(28,29)30)23(37)33-18-9-13-36(15-17(18)16-6-3-2-4-7-16)24(38)25(27)10-5-8-19-22(25)32-12-11-31-19/h2-8,10-12,14,17-18,31H,9,13,15H2,1H3,(H,33,37)/t17-,18-,25?/m1/s1. The van der Waals surface area contributed by atoms with Crippen LogP contribution in [0, 0.1) is 0 Å². The number of aromatic nitrogens is 2. The van der Waals surface area contributed by atoms with Crippen LogP contribution < -0.4 is 10.6 Å². The third-order valence-corrected chi connectivity index (χ3v) is 7.33. The molecule has 8 nitrogen and oxygen atoms in total. The first kappa shape index (κ1) is 25.8. The molecule has 2 aromatic rings. The summed E-state index contributed by atoms with van der Waals surface area (Å²) >= 11 is 6.89. The van der Waals surface area contributed by atoms with E-state index in [0.717, 1.165) is 16.3 Å². The Bertz CT molecular complexity index is 1380. The molecule has 3 atom stereocenters. The predicted octanol–water partition coefficient (Wildman–Crippen LogP) is 3.50. The van der Waals surface area contributed by atoms with Gasteiger partial charge in [-0.3, -0.25) is 19.3 Å². The Morgan fingerprint density at radius 2 is 2.00 bits per heavy atom. The minimum Gasteiger partial charge on any atom is -0.359 e. The number of benzene rings is 1. The predicted molar refractivity (Wildman–Crippen MR) is 135 cm³/mol. The van der Waals surface area contributed by atoms with Crippen molar-refractivity contribution in [2.75, 3.05) is 13.1 Å². The van der Waals surface area contributed by atoms with E-state index in [2.05, 4.69) is 20.7 Å². The highest BCUT2D eigenvalue weighted by Gasteiger charge is 2.47. The van der Waals surface area contributed by atoms with Crippen molar-refractivity contribution in [3.05, 3.63) is 89.7 Å². The highest BCUT2D eigenvalue weighted by atomic mass is 35.5. The molecule has 1 saturated heterocycles. The fourth-order valence-electron chi connectivity index (χ4n) is 4.96. The van der Waals surface area contributed by atoms with E-state index in [1.807, 2.05) is 30.3 Å². The molecule has 3 aliphatic rings. The quantitative estimate of drug-likeness (QED) is 0.577. The summed E-state index contributed by atoms with van der Waals surface area (Å²) in [6, 6.07) is 9.63. The van der Waals surface area contributed by atoms with Gasteiger partial charge in [0.15, 0.2) is 10.6 Å². The van der Waals surface area contributed by atoms with Crippen molar-refractivity contribution >= 4 is 29.1 Å². The summed E-state index contributed by atoms with van der Waals surface area (Å²) < 4.78 is 40.3. The van der Waals surface area contributed by atoms with Crippen molar-refractivity contribution in [2.45, 2.75) is 29.4 Å². The summed E-state index contributed by atoms with van der Waals surface area (Å²) in [6.07, 6.45) is 3.98. The van der Waals surface area contributed by atoms with Crippen molar-refractivity contribution in [3.8, 4) is 0 Å². The average Bonchev–Trinajstić information content (AvgIpc) is 3.32. The molecule has 0 radical (unpaired) electrons.